The molecule has 0 fully saturated rings. The lowest BCUT2D eigenvalue weighted by atomic mass is 10.2. The predicted octanol–water partition coefficient (Wildman–Crippen LogP) is 3.18. The lowest BCUT2D eigenvalue weighted by Gasteiger charge is -2.08. The Morgan fingerprint density at radius 3 is 2.33 bits per heavy atom. The average Bonchev–Trinajstić information content (AvgIpc) is 3.19. The third-order valence-corrected chi connectivity index (χ3v) is 5.55. The fourth-order valence-corrected chi connectivity index (χ4v) is 3.77. The number of carbonyl (C=O) groups excluding carboxylic acids is 1. The molecule has 1 aromatic heterocycles. The number of sulfonamides is 1. The summed E-state index contributed by atoms with van der Waals surface area (Å²) in [5, 5.41) is 17.5. The van der Waals surface area contributed by atoms with Crippen molar-refractivity contribution in [2.45, 2.75) is 13.3 Å². The van der Waals surface area contributed by atoms with Crippen molar-refractivity contribution in [1.29, 1.82) is 0 Å². The van der Waals surface area contributed by atoms with E-state index in [-0.39, 0.29) is 11.4 Å². The van der Waals surface area contributed by atoms with Crippen LogP contribution in [0.3, 0.4) is 0 Å². The van der Waals surface area contributed by atoms with Crippen molar-refractivity contribution in [3.05, 3.63) is 76.6 Å². The summed E-state index contributed by atoms with van der Waals surface area (Å²) in [6, 6.07) is 12.1. The van der Waals surface area contributed by atoms with Crippen molar-refractivity contribution in [1.82, 2.24) is 9.78 Å². The Morgan fingerprint density at radius 2 is 1.73 bits per heavy atom. The predicted molar refractivity (Wildman–Crippen MR) is 112 cm³/mol. The van der Waals surface area contributed by atoms with Gasteiger partial charge in [0.05, 0.1) is 28.1 Å². The molecule has 10 nitrogen and oxygen atoms in total. The standard InChI is InChI=1S/C19H19N5O5S/c1-2-11-30(28,29)22-16-5-3-15(4-6-16)21-19(25)14-12-20-23(13-14)17-7-9-18(10-8-17)24(26)27/h3-10,12-13,22H,2,11H2,1H3,(H,21,25). The van der Waals surface area contributed by atoms with Crippen LogP contribution in [0.2, 0.25) is 0 Å². The lowest BCUT2D eigenvalue weighted by molar-refractivity contribution is -0.384. The quantitative estimate of drug-likeness (QED) is 0.417. The van der Waals surface area contributed by atoms with Gasteiger partial charge in [-0.1, -0.05) is 6.92 Å². The van der Waals surface area contributed by atoms with E-state index in [1.807, 2.05) is 0 Å². The summed E-state index contributed by atoms with van der Waals surface area (Å²) in [5.41, 5.74) is 1.72. The highest BCUT2D eigenvalue weighted by atomic mass is 32.2. The van der Waals surface area contributed by atoms with Gasteiger partial charge < -0.3 is 5.32 Å². The number of amides is 1. The summed E-state index contributed by atoms with van der Waals surface area (Å²) in [6.07, 6.45) is 3.39. The minimum atomic E-state index is -3.38. The van der Waals surface area contributed by atoms with Gasteiger partial charge in [-0.05, 0) is 42.8 Å². The summed E-state index contributed by atoms with van der Waals surface area (Å²) in [6.45, 7) is 1.78. The van der Waals surface area contributed by atoms with E-state index in [2.05, 4.69) is 15.1 Å². The molecule has 30 heavy (non-hydrogen) atoms. The highest BCUT2D eigenvalue weighted by Gasteiger charge is 2.12. The molecule has 0 bridgehead atoms. The van der Waals surface area contributed by atoms with Crippen LogP contribution in [-0.4, -0.2) is 34.8 Å². The number of hydrogen-bond acceptors (Lipinski definition) is 6. The molecule has 0 atom stereocenters. The molecule has 0 aliphatic rings. The molecule has 2 N–H and O–H groups in total. The second-order valence-corrected chi connectivity index (χ2v) is 8.24. The molecule has 0 saturated carbocycles. The van der Waals surface area contributed by atoms with E-state index < -0.39 is 20.9 Å². The molecule has 3 aromatic rings. The molecule has 1 heterocycles. The van der Waals surface area contributed by atoms with Gasteiger partial charge in [-0.2, -0.15) is 5.10 Å². The number of benzene rings is 2. The highest BCUT2D eigenvalue weighted by molar-refractivity contribution is 7.92. The van der Waals surface area contributed by atoms with Crippen molar-refractivity contribution in [2.24, 2.45) is 0 Å². The highest BCUT2D eigenvalue weighted by Crippen LogP contribution is 2.18. The van der Waals surface area contributed by atoms with Crippen LogP contribution in [0.1, 0.15) is 23.7 Å². The van der Waals surface area contributed by atoms with Gasteiger partial charge in [0.1, 0.15) is 0 Å². The molecule has 156 valence electrons. The van der Waals surface area contributed by atoms with Crippen LogP contribution in [0.25, 0.3) is 5.69 Å². The summed E-state index contributed by atoms with van der Waals surface area (Å²) >= 11 is 0. The zero-order valence-electron chi connectivity index (χ0n) is 16.0. The van der Waals surface area contributed by atoms with Crippen molar-refractivity contribution in [3.63, 3.8) is 0 Å². The lowest BCUT2D eigenvalue weighted by Crippen LogP contribution is -2.16. The molecule has 11 heteroatoms. The van der Waals surface area contributed by atoms with Crippen LogP contribution < -0.4 is 10.0 Å². The maximum Gasteiger partial charge on any atom is 0.269 e. The number of nitrogens with one attached hydrogen (secondary N) is 2. The van der Waals surface area contributed by atoms with Crippen LogP contribution in [0.4, 0.5) is 17.1 Å². The molecule has 0 saturated heterocycles. The molecule has 0 radical (unpaired) electrons. The van der Waals surface area contributed by atoms with Crippen LogP contribution in [0.5, 0.6) is 0 Å². The normalized spacial score (nSPS) is 11.1. The average molecular weight is 429 g/mol. The molecule has 3 rings (SSSR count). The number of aromatic nitrogens is 2. The van der Waals surface area contributed by atoms with E-state index in [1.54, 1.807) is 31.2 Å². The molecule has 0 unspecified atom stereocenters. The topological polar surface area (TPSA) is 136 Å². The fourth-order valence-electron chi connectivity index (χ4n) is 2.63. The number of non-ortho nitro benzene ring substituents is 1. The van der Waals surface area contributed by atoms with Crippen LogP contribution in [-0.2, 0) is 10.0 Å². The Bertz CT molecular complexity index is 1150. The smallest absolute Gasteiger partial charge is 0.269 e. The Labute approximate surface area is 172 Å². The molecule has 0 aliphatic carbocycles. The molecule has 0 spiro atoms. The number of carbonyl (C=O) groups is 1. The summed E-state index contributed by atoms with van der Waals surface area (Å²) in [7, 11) is -3.38. The first kappa shape index (κ1) is 21.0. The molecule has 0 aliphatic heterocycles. The summed E-state index contributed by atoms with van der Waals surface area (Å²) in [4.78, 5) is 22.7. The van der Waals surface area contributed by atoms with Gasteiger partial charge in [0.25, 0.3) is 11.6 Å². The van der Waals surface area contributed by atoms with Crippen molar-refractivity contribution in [2.75, 3.05) is 15.8 Å². The SMILES string of the molecule is CCCS(=O)(=O)Nc1ccc(NC(=O)c2cnn(-c3ccc([N+](=O)[O-])cc3)c2)cc1. The van der Waals surface area contributed by atoms with Crippen molar-refractivity contribution in [3.8, 4) is 5.69 Å². The molecular weight excluding hydrogens is 410 g/mol. The van der Waals surface area contributed by atoms with Crippen LogP contribution >= 0.6 is 0 Å². The van der Waals surface area contributed by atoms with E-state index in [9.17, 15) is 23.3 Å². The Kier molecular flexibility index (Phi) is 6.11. The van der Waals surface area contributed by atoms with Crippen molar-refractivity contribution < 1.29 is 18.1 Å². The number of nitro benzene ring substituents is 1. The first-order valence-electron chi connectivity index (χ1n) is 8.99. The third-order valence-electron chi connectivity index (χ3n) is 4.06. The maximum absolute atomic E-state index is 12.4. The van der Waals surface area contributed by atoms with Gasteiger partial charge in [-0.25, -0.2) is 13.1 Å². The van der Waals surface area contributed by atoms with Gasteiger partial charge in [0, 0.05) is 29.7 Å². The Morgan fingerprint density at radius 1 is 1.10 bits per heavy atom. The third kappa shape index (κ3) is 5.20. The first-order chi connectivity index (χ1) is 14.3. The van der Waals surface area contributed by atoms with Crippen LogP contribution in [0, 0.1) is 10.1 Å². The Hall–Kier alpha value is -3.73. The molecule has 2 aromatic carbocycles. The second-order valence-electron chi connectivity index (χ2n) is 6.40. The number of hydrogen-bond donors (Lipinski definition) is 2. The Balaban J connectivity index is 1.66. The van der Waals surface area contributed by atoms with E-state index >= 15 is 0 Å². The van der Waals surface area contributed by atoms with E-state index in [1.165, 1.54) is 41.3 Å². The minimum Gasteiger partial charge on any atom is -0.322 e. The zero-order valence-corrected chi connectivity index (χ0v) is 16.8. The van der Waals surface area contributed by atoms with Crippen molar-refractivity contribution >= 4 is 33.0 Å². The summed E-state index contributed by atoms with van der Waals surface area (Å²) in [5.74, 6) is -0.369. The van der Waals surface area contributed by atoms with E-state index in [0.29, 0.717) is 29.0 Å². The number of anilines is 2. The molecular formula is C19H19N5O5S. The summed E-state index contributed by atoms with van der Waals surface area (Å²) < 4.78 is 27.5. The zero-order chi connectivity index (χ0) is 21.7. The van der Waals surface area contributed by atoms with Gasteiger partial charge in [-0.15, -0.1) is 0 Å². The van der Waals surface area contributed by atoms with E-state index in [0.717, 1.165) is 0 Å². The van der Waals surface area contributed by atoms with Gasteiger partial charge in [0.2, 0.25) is 10.0 Å². The monoisotopic (exact) mass is 429 g/mol. The maximum atomic E-state index is 12.4. The first-order valence-corrected chi connectivity index (χ1v) is 10.6. The van der Waals surface area contributed by atoms with Gasteiger partial charge >= 0.3 is 0 Å². The van der Waals surface area contributed by atoms with E-state index in [4.69, 9.17) is 0 Å². The number of nitrogens with zero attached hydrogens (tertiary/aromatic N) is 3. The number of rotatable bonds is 8. The van der Waals surface area contributed by atoms with Crippen LogP contribution in [0.15, 0.2) is 60.9 Å². The number of nitro groups is 1. The van der Waals surface area contributed by atoms with Gasteiger partial charge in [-0.3, -0.25) is 19.6 Å². The minimum absolute atomic E-state index is 0.0320. The second kappa shape index (κ2) is 8.74. The van der Waals surface area contributed by atoms with Gasteiger partial charge in [0.15, 0.2) is 0 Å². The fraction of sp³-hybridized carbons (Fsp3) is 0.158. The molecule has 1 amide bonds. The largest absolute Gasteiger partial charge is 0.322 e.